The Morgan fingerprint density at radius 1 is 1.14 bits per heavy atom. The fourth-order valence-corrected chi connectivity index (χ4v) is 4.05. The van der Waals surface area contributed by atoms with E-state index in [-0.39, 0.29) is 18.0 Å². The van der Waals surface area contributed by atoms with Gasteiger partial charge in [-0.05, 0) is 37.3 Å². The van der Waals surface area contributed by atoms with Crippen LogP contribution in [0.4, 0.5) is 4.79 Å². The summed E-state index contributed by atoms with van der Waals surface area (Å²) in [6.07, 6.45) is 3.54. The monoisotopic (exact) mass is 319 g/mol. The van der Waals surface area contributed by atoms with E-state index in [9.17, 15) is 9.59 Å². The highest BCUT2D eigenvalue weighted by Crippen LogP contribution is 2.35. The lowest BCUT2D eigenvalue weighted by atomic mass is 10.0. The molecule has 118 valence electrons. The molecular formula is C16H21N3O2S. The van der Waals surface area contributed by atoms with E-state index in [1.54, 1.807) is 0 Å². The van der Waals surface area contributed by atoms with E-state index in [0.717, 1.165) is 25.0 Å². The third-order valence-electron chi connectivity index (χ3n) is 4.10. The molecule has 0 bridgehead atoms. The van der Waals surface area contributed by atoms with E-state index in [4.69, 9.17) is 0 Å². The summed E-state index contributed by atoms with van der Waals surface area (Å²) < 4.78 is 0. The highest BCUT2D eigenvalue weighted by Gasteiger charge is 2.25. The zero-order valence-electron chi connectivity index (χ0n) is 12.4. The number of fused-ring (bicyclic) bond motifs is 1. The van der Waals surface area contributed by atoms with Crippen LogP contribution in [-0.2, 0) is 4.79 Å². The maximum absolute atomic E-state index is 12.2. The fourth-order valence-electron chi connectivity index (χ4n) is 2.93. The van der Waals surface area contributed by atoms with Gasteiger partial charge in [0.25, 0.3) is 0 Å². The third kappa shape index (κ3) is 3.55. The second kappa shape index (κ2) is 7.05. The van der Waals surface area contributed by atoms with E-state index in [0.29, 0.717) is 13.0 Å². The summed E-state index contributed by atoms with van der Waals surface area (Å²) in [6.45, 7) is 0.700. The van der Waals surface area contributed by atoms with Crippen LogP contribution in [-0.4, -0.2) is 30.3 Å². The number of hydrogen-bond acceptors (Lipinski definition) is 3. The maximum Gasteiger partial charge on any atom is 0.315 e. The number of rotatable bonds is 2. The zero-order chi connectivity index (χ0) is 15.4. The topological polar surface area (TPSA) is 70.2 Å². The molecule has 2 aliphatic heterocycles. The van der Waals surface area contributed by atoms with Crippen LogP contribution >= 0.6 is 11.8 Å². The van der Waals surface area contributed by atoms with Gasteiger partial charge in [0.2, 0.25) is 5.91 Å². The Morgan fingerprint density at radius 2 is 1.95 bits per heavy atom. The quantitative estimate of drug-likeness (QED) is 0.782. The minimum absolute atomic E-state index is 0.0197. The van der Waals surface area contributed by atoms with Crippen molar-refractivity contribution in [3.63, 3.8) is 0 Å². The summed E-state index contributed by atoms with van der Waals surface area (Å²) in [5.41, 5.74) is 1.17. The van der Waals surface area contributed by atoms with Gasteiger partial charge in [-0.1, -0.05) is 18.2 Å². The average molecular weight is 319 g/mol. The number of hydrogen-bond donors (Lipinski definition) is 3. The highest BCUT2D eigenvalue weighted by atomic mass is 32.2. The molecule has 3 N–H and O–H groups in total. The average Bonchev–Trinajstić information content (AvgIpc) is 2.73. The SMILES string of the molecule is O=C(NC1CCCCNC1=O)NC1CCSc2ccccc21. The molecule has 3 amide bonds. The summed E-state index contributed by atoms with van der Waals surface area (Å²) in [5, 5.41) is 8.67. The van der Waals surface area contributed by atoms with Crippen LogP contribution in [0.25, 0.3) is 0 Å². The van der Waals surface area contributed by atoms with Crippen molar-refractivity contribution < 1.29 is 9.59 Å². The van der Waals surface area contributed by atoms with Crippen LogP contribution in [0, 0.1) is 0 Å². The van der Waals surface area contributed by atoms with Crippen molar-refractivity contribution in [2.75, 3.05) is 12.3 Å². The third-order valence-corrected chi connectivity index (χ3v) is 5.23. The zero-order valence-corrected chi connectivity index (χ0v) is 13.2. The van der Waals surface area contributed by atoms with Gasteiger partial charge in [-0.2, -0.15) is 0 Å². The Balaban J connectivity index is 1.61. The molecule has 22 heavy (non-hydrogen) atoms. The van der Waals surface area contributed by atoms with Crippen LogP contribution in [0.2, 0.25) is 0 Å². The Morgan fingerprint density at radius 3 is 2.86 bits per heavy atom. The van der Waals surface area contributed by atoms with Crippen LogP contribution in [0.1, 0.15) is 37.3 Å². The summed E-state index contributed by atoms with van der Waals surface area (Å²) in [5.74, 6) is 0.915. The molecule has 1 fully saturated rings. The number of urea groups is 1. The van der Waals surface area contributed by atoms with Crippen molar-refractivity contribution in [2.24, 2.45) is 0 Å². The van der Waals surface area contributed by atoms with Crippen LogP contribution in [0.3, 0.4) is 0 Å². The minimum atomic E-state index is -0.421. The van der Waals surface area contributed by atoms with Crippen molar-refractivity contribution in [1.29, 1.82) is 0 Å². The van der Waals surface area contributed by atoms with Gasteiger partial charge in [0.1, 0.15) is 6.04 Å². The van der Waals surface area contributed by atoms with Crippen molar-refractivity contribution >= 4 is 23.7 Å². The Labute approximate surface area is 134 Å². The molecule has 5 nitrogen and oxygen atoms in total. The number of carbonyl (C=O) groups excluding carboxylic acids is 2. The number of carbonyl (C=O) groups is 2. The second-order valence-electron chi connectivity index (χ2n) is 5.68. The van der Waals surface area contributed by atoms with Gasteiger partial charge in [-0.25, -0.2) is 4.79 Å². The molecule has 3 rings (SSSR count). The number of thioether (sulfide) groups is 1. The number of nitrogens with one attached hydrogen (secondary N) is 3. The molecule has 0 aromatic heterocycles. The van der Waals surface area contributed by atoms with Gasteiger partial charge >= 0.3 is 6.03 Å². The van der Waals surface area contributed by atoms with Crippen LogP contribution < -0.4 is 16.0 Å². The Bertz CT molecular complexity index is 564. The first kappa shape index (κ1) is 15.2. The number of amides is 3. The van der Waals surface area contributed by atoms with Crippen molar-refractivity contribution in [3.8, 4) is 0 Å². The normalized spacial score (nSPS) is 24.6. The summed E-state index contributed by atoms with van der Waals surface area (Å²) in [6, 6.07) is 7.51. The molecule has 2 atom stereocenters. The van der Waals surface area contributed by atoms with Crippen molar-refractivity contribution in [3.05, 3.63) is 29.8 Å². The maximum atomic E-state index is 12.2. The molecular weight excluding hydrogens is 298 g/mol. The lowest BCUT2D eigenvalue weighted by Gasteiger charge is -2.26. The smallest absolute Gasteiger partial charge is 0.315 e. The molecule has 0 aliphatic carbocycles. The molecule has 6 heteroatoms. The molecule has 1 aromatic carbocycles. The predicted octanol–water partition coefficient (Wildman–Crippen LogP) is 2.19. The standard InChI is InChI=1S/C16H21N3O2S/c20-15-13(6-3-4-9-17-15)19-16(21)18-12-8-10-22-14-7-2-1-5-11(12)14/h1-2,5,7,12-13H,3-4,6,8-10H2,(H,17,20)(H2,18,19,21). The largest absolute Gasteiger partial charge is 0.354 e. The van der Waals surface area contributed by atoms with Gasteiger partial charge < -0.3 is 16.0 Å². The molecule has 2 aliphatic rings. The first-order chi connectivity index (χ1) is 10.7. The predicted molar refractivity (Wildman–Crippen MR) is 86.8 cm³/mol. The number of benzene rings is 1. The van der Waals surface area contributed by atoms with E-state index < -0.39 is 6.04 Å². The van der Waals surface area contributed by atoms with E-state index in [1.165, 1.54) is 10.5 Å². The summed E-state index contributed by atoms with van der Waals surface area (Å²) in [4.78, 5) is 25.3. The lowest BCUT2D eigenvalue weighted by molar-refractivity contribution is -0.122. The van der Waals surface area contributed by atoms with Gasteiger partial charge in [-0.3, -0.25) is 4.79 Å². The van der Waals surface area contributed by atoms with Gasteiger partial charge in [0.15, 0.2) is 0 Å². The van der Waals surface area contributed by atoms with E-state index in [1.807, 2.05) is 23.9 Å². The molecule has 1 saturated heterocycles. The molecule has 2 unspecified atom stereocenters. The second-order valence-corrected chi connectivity index (χ2v) is 6.82. The minimum Gasteiger partial charge on any atom is -0.354 e. The molecule has 0 radical (unpaired) electrons. The fraction of sp³-hybridized carbons (Fsp3) is 0.500. The van der Waals surface area contributed by atoms with Crippen molar-refractivity contribution in [1.82, 2.24) is 16.0 Å². The van der Waals surface area contributed by atoms with Gasteiger partial charge in [0, 0.05) is 17.2 Å². The first-order valence-corrected chi connectivity index (χ1v) is 8.79. The Kier molecular flexibility index (Phi) is 4.87. The van der Waals surface area contributed by atoms with E-state index in [2.05, 4.69) is 28.1 Å². The Hall–Kier alpha value is -1.69. The molecule has 2 heterocycles. The van der Waals surface area contributed by atoms with Gasteiger partial charge in [0.05, 0.1) is 6.04 Å². The lowest BCUT2D eigenvalue weighted by Crippen LogP contribution is -2.50. The summed E-state index contributed by atoms with van der Waals surface area (Å²) in [7, 11) is 0. The molecule has 1 aromatic rings. The highest BCUT2D eigenvalue weighted by molar-refractivity contribution is 7.99. The molecule has 0 spiro atoms. The summed E-state index contributed by atoms with van der Waals surface area (Å²) >= 11 is 1.82. The van der Waals surface area contributed by atoms with E-state index >= 15 is 0 Å². The van der Waals surface area contributed by atoms with Crippen molar-refractivity contribution in [2.45, 2.75) is 42.7 Å². The first-order valence-electron chi connectivity index (χ1n) is 7.80. The van der Waals surface area contributed by atoms with Gasteiger partial charge in [-0.15, -0.1) is 11.8 Å². The van der Waals surface area contributed by atoms with Crippen LogP contribution in [0.15, 0.2) is 29.2 Å². The molecule has 0 saturated carbocycles. The van der Waals surface area contributed by atoms with Crippen LogP contribution in [0.5, 0.6) is 0 Å².